The molecule has 2 rings (SSSR count). The van der Waals surface area contributed by atoms with Crippen molar-refractivity contribution in [1.29, 1.82) is 0 Å². The number of hydrogen-bond acceptors (Lipinski definition) is 6. The zero-order chi connectivity index (χ0) is 15.2. The van der Waals surface area contributed by atoms with E-state index in [0.29, 0.717) is 30.2 Å². The number of carbonyl (C=O) groups excluding carboxylic acids is 1. The minimum absolute atomic E-state index is 0.201. The Morgan fingerprint density at radius 3 is 2.62 bits per heavy atom. The number of aromatic nitrogens is 3. The number of esters is 1. The predicted octanol–water partition coefficient (Wildman–Crippen LogP) is 1.59. The summed E-state index contributed by atoms with van der Waals surface area (Å²) in [5.74, 6) is 0.782. The summed E-state index contributed by atoms with van der Waals surface area (Å²) in [5.41, 5.74) is 1.65. The highest BCUT2D eigenvalue weighted by atomic mass is 16.5. The third-order valence-corrected chi connectivity index (χ3v) is 2.91. The number of nitrogens with zero attached hydrogens (tertiary/aromatic N) is 2. The second-order valence-corrected chi connectivity index (χ2v) is 4.21. The van der Waals surface area contributed by atoms with E-state index in [2.05, 4.69) is 15.4 Å². The number of aromatic amines is 1. The molecule has 0 unspecified atom stereocenters. The summed E-state index contributed by atoms with van der Waals surface area (Å²) in [5, 5.41) is 10.3. The highest BCUT2D eigenvalue weighted by molar-refractivity contribution is 5.88. The van der Waals surface area contributed by atoms with Gasteiger partial charge in [0, 0.05) is 6.42 Å². The molecule has 0 radical (unpaired) electrons. The van der Waals surface area contributed by atoms with Crippen LogP contribution >= 0.6 is 0 Å². The Morgan fingerprint density at radius 1 is 1.19 bits per heavy atom. The summed E-state index contributed by atoms with van der Waals surface area (Å²) < 4.78 is 15.4. The van der Waals surface area contributed by atoms with Crippen molar-refractivity contribution in [2.75, 3.05) is 20.8 Å². The van der Waals surface area contributed by atoms with Gasteiger partial charge in [0.25, 0.3) is 0 Å². The molecule has 2 aromatic rings. The smallest absolute Gasteiger partial charge is 0.360 e. The maximum atomic E-state index is 11.8. The zero-order valence-corrected chi connectivity index (χ0v) is 12.2. The van der Waals surface area contributed by atoms with E-state index < -0.39 is 5.97 Å². The van der Waals surface area contributed by atoms with Gasteiger partial charge >= 0.3 is 5.97 Å². The Labute approximate surface area is 122 Å². The molecule has 0 atom stereocenters. The molecule has 0 saturated carbocycles. The van der Waals surface area contributed by atoms with Gasteiger partial charge in [0.2, 0.25) is 0 Å². The predicted molar refractivity (Wildman–Crippen MR) is 74.7 cm³/mol. The second kappa shape index (κ2) is 6.74. The van der Waals surface area contributed by atoms with Crippen LogP contribution in [-0.2, 0) is 11.2 Å². The Kier molecular flexibility index (Phi) is 4.76. The van der Waals surface area contributed by atoms with Crippen LogP contribution in [0.3, 0.4) is 0 Å². The third kappa shape index (κ3) is 3.31. The van der Waals surface area contributed by atoms with Crippen LogP contribution in [0, 0.1) is 0 Å². The monoisotopic (exact) mass is 291 g/mol. The van der Waals surface area contributed by atoms with E-state index in [4.69, 9.17) is 14.2 Å². The topological polar surface area (TPSA) is 86.3 Å². The molecule has 0 aliphatic carbocycles. The molecule has 0 aliphatic rings. The molecular formula is C14H17N3O4. The van der Waals surface area contributed by atoms with E-state index in [-0.39, 0.29) is 5.69 Å². The number of benzene rings is 1. The van der Waals surface area contributed by atoms with Crippen molar-refractivity contribution in [1.82, 2.24) is 15.4 Å². The number of hydrogen-bond donors (Lipinski definition) is 1. The number of methoxy groups -OCH3 is 2. The fraction of sp³-hybridized carbons (Fsp3) is 0.357. The van der Waals surface area contributed by atoms with Crippen molar-refractivity contribution >= 4 is 5.97 Å². The van der Waals surface area contributed by atoms with Gasteiger partial charge in [-0.1, -0.05) is 6.07 Å². The van der Waals surface area contributed by atoms with Crippen LogP contribution in [0.4, 0.5) is 0 Å². The van der Waals surface area contributed by atoms with E-state index in [1.807, 2.05) is 12.1 Å². The van der Waals surface area contributed by atoms with E-state index in [0.717, 1.165) is 5.56 Å². The first-order valence-corrected chi connectivity index (χ1v) is 6.47. The average molecular weight is 291 g/mol. The second-order valence-electron chi connectivity index (χ2n) is 4.21. The standard InChI is InChI=1S/C14H17N3O4/c1-4-21-14(18)13-10(15-17-16-13)7-9-5-6-11(19-2)12(8-9)20-3/h5-6,8H,4,7H2,1-3H3,(H,15,16,17). The van der Waals surface area contributed by atoms with Gasteiger partial charge in [-0.05, 0) is 24.6 Å². The average Bonchev–Trinajstić information content (AvgIpc) is 2.95. The molecule has 0 aliphatic heterocycles. The molecular weight excluding hydrogens is 274 g/mol. The molecule has 0 saturated heterocycles. The molecule has 1 heterocycles. The molecule has 21 heavy (non-hydrogen) atoms. The summed E-state index contributed by atoms with van der Waals surface area (Å²) in [6.45, 7) is 2.04. The van der Waals surface area contributed by atoms with E-state index in [1.54, 1.807) is 27.2 Å². The molecule has 1 aromatic carbocycles. The first-order chi connectivity index (χ1) is 10.2. The van der Waals surface area contributed by atoms with Crippen LogP contribution in [-0.4, -0.2) is 42.2 Å². The highest BCUT2D eigenvalue weighted by Gasteiger charge is 2.18. The lowest BCUT2D eigenvalue weighted by Crippen LogP contribution is -2.08. The zero-order valence-electron chi connectivity index (χ0n) is 12.2. The van der Waals surface area contributed by atoms with Gasteiger partial charge < -0.3 is 14.2 Å². The SMILES string of the molecule is CCOC(=O)c1n[nH]nc1Cc1ccc(OC)c(OC)c1. The summed E-state index contributed by atoms with van der Waals surface area (Å²) in [6.07, 6.45) is 0.436. The van der Waals surface area contributed by atoms with Crippen molar-refractivity contribution in [3.05, 3.63) is 35.2 Å². The third-order valence-electron chi connectivity index (χ3n) is 2.91. The van der Waals surface area contributed by atoms with Gasteiger partial charge in [0.1, 0.15) is 5.69 Å². The minimum atomic E-state index is -0.485. The normalized spacial score (nSPS) is 10.2. The first-order valence-electron chi connectivity index (χ1n) is 6.47. The molecule has 0 fully saturated rings. The van der Waals surface area contributed by atoms with Crippen molar-refractivity contribution < 1.29 is 19.0 Å². The van der Waals surface area contributed by atoms with Gasteiger partial charge in [-0.3, -0.25) is 0 Å². The number of carbonyl (C=O) groups is 1. The molecule has 0 spiro atoms. The van der Waals surface area contributed by atoms with Crippen molar-refractivity contribution in [2.24, 2.45) is 0 Å². The van der Waals surface area contributed by atoms with Gasteiger partial charge in [0.05, 0.1) is 20.8 Å². The van der Waals surface area contributed by atoms with Gasteiger partial charge in [-0.25, -0.2) is 4.79 Å². The van der Waals surface area contributed by atoms with E-state index >= 15 is 0 Å². The lowest BCUT2D eigenvalue weighted by molar-refractivity contribution is 0.0518. The maximum absolute atomic E-state index is 11.8. The maximum Gasteiger partial charge on any atom is 0.360 e. The largest absolute Gasteiger partial charge is 0.493 e. The molecule has 1 N–H and O–H groups in total. The van der Waals surface area contributed by atoms with Crippen LogP contribution < -0.4 is 9.47 Å². The van der Waals surface area contributed by atoms with Crippen LogP contribution in [0.25, 0.3) is 0 Å². The van der Waals surface area contributed by atoms with Crippen molar-refractivity contribution in [3.63, 3.8) is 0 Å². The lowest BCUT2D eigenvalue weighted by atomic mass is 10.1. The van der Waals surface area contributed by atoms with Crippen LogP contribution in [0.2, 0.25) is 0 Å². The quantitative estimate of drug-likeness (QED) is 0.813. The Balaban J connectivity index is 2.23. The molecule has 7 heteroatoms. The molecule has 0 amide bonds. The molecule has 0 bridgehead atoms. The van der Waals surface area contributed by atoms with Crippen LogP contribution in [0.5, 0.6) is 11.5 Å². The van der Waals surface area contributed by atoms with E-state index in [1.165, 1.54) is 0 Å². The molecule has 1 aromatic heterocycles. The summed E-state index contributed by atoms with van der Waals surface area (Å²) >= 11 is 0. The number of nitrogens with one attached hydrogen (secondary N) is 1. The molecule has 7 nitrogen and oxygen atoms in total. The Morgan fingerprint density at radius 2 is 1.95 bits per heavy atom. The molecule has 112 valence electrons. The summed E-state index contributed by atoms with van der Waals surface area (Å²) in [6, 6.07) is 5.52. The fourth-order valence-corrected chi connectivity index (χ4v) is 1.92. The van der Waals surface area contributed by atoms with Gasteiger partial charge in [0.15, 0.2) is 17.2 Å². The van der Waals surface area contributed by atoms with Crippen LogP contribution in [0.15, 0.2) is 18.2 Å². The van der Waals surface area contributed by atoms with Crippen LogP contribution in [0.1, 0.15) is 28.7 Å². The lowest BCUT2D eigenvalue weighted by Gasteiger charge is -2.09. The highest BCUT2D eigenvalue weighted by Crippen LogP contribution is 2.28. The van der Waals surface area contributed by atoms with Gasteiger partial charge in [-0.15, -0.1) is 5.10 Å². The van der Waals surface area contributed by atoms with Crippen molar-refractivity contribution in [3.8, 4) is 11.5 Å². The number of rotatable bonds is 6. The Bertz CT molecular complexity index is 624. The van der Waals surface area contributed by atoms with Gasteiger partial charge in [-0.2, -0.15) is 10.3 Å². The number of H-pyrrole nitrogens is 1. The minimum Gasteiger partial charge on any atom is -0.493 e. The fourth-order valence-electron chi connectivity index (χ4n) is 1.92. The Hall–Kier alpha value is -2.57. The first kappa shape index (κ1) is 14.8. The van der Waals surface area contributed by atoms with Crippen molar-refractivity contribution in [2.45, 2.75) is 13.3 Å². The number of ether oxygens (including phenoxy) is 3. The summed E-state index contributed by atoms with van der Waals surface area (Å²) in [7, 11) is 3.15. The summed E-state index contributed by atoms with van der Waals surface area (Å²) in [4.78, 5) is 11.8. The van der Waals surface area contributed by atoms with E-state index in [9.17, 15) is 4.79 Å².